The second-order valence-electron chi connectivity index (χ2n) is 3.60. The van der Waals surface area contributed by atoms with Gasteiger partial charge in [-0.25, -0.2) is 0 Å². The fourth-order valence-electron chi connectivity index (χ4n) is 1.38. The maximum atomic E-state index is 5.79. The molecule has 0 radical (unpaired) electrons. The minimum atomic E-state index is 0.485. The average Bonchev–Trinajstić information content (AvgIpc) is 2.33. The van der Waals surface area contributed by atoms with Crippen LogP contribution < -0.4 is 10.5 Å². The van der Waals surface area contributed by atoms with Gasteiger partial charge in [-0.05, 0) is 57.9 Å². The highest BCUT2D eigenvalue weighted by atomic mass is 79.9. The minimum absolute atomic E-state index is 0.485. The van der Waals surface area contributed by atoms with Crippen LogP contribution in [0.3, 0.4) is 0 Å². The van der Waals surface area contributed by atoms with Crippen molar-refractivity contribution in [3.8, 4) is 5.75 Å². The van der Waals surface area contributed by atoms with Crippen molar-refractivity contribution in [2.45, 2.75) is 6.61 Å². The number of ether oxygens (including phenoxy) is 1. The molecule has 0 fully saturated rings. The third kappa shape index (κ3) is 3.38. The van der Waals surface area contributed by atoms with Crippen molar-refractivity contribution in [1.82, 2.24) is 0 Å². The Morgan fingerprint density at radius 2 is 1.82 bits per heavy atom. The largest absolute Gasteiger partial charge is 0.489 e. The first-order valence-corrected chi connectivity index (χ1v) is 6.24. The van der Waals surface area contributed by atoms with Gasteiger partial charge < -0.3 is 10.5 Å². The molecule has 17 heavy (non-hydrogen) atoms. The number of nitrogen functional groups attached to an aromatic ring is 1. The van der Waals surface area contributed by atoms with Crippen LogP contribution in [0.4, 0.5) is 5.69 Å². The number of anilines is 1. The van der Waals surface area contributed by atoms with Crippen molar-refractivity contribution in [2.75, 3.05) is 5.73 Å². The SMILES string of the molecule is Nc1cc(COc2ccc(Cl)cc2)ccc1Br. The summed E-state index contributed by atoms with van der Waals surface area (Å²) in [5.41, 5.74) is 7.53. The third-order valence-corrected chi connectivity index (χ3v) is 3.25. The zero-order valence-electron chi connectivity index (χ0n) is 8.99. The van der Waals surface area contributed by atoms with Crippen LogP contribution in [-0.2, 0) is 6.61 Å². The Bertz CT molecular complexity index is 513. The van der Waals surface area contributed by atoms with E-state index in [1.807, 2.05) is 30.3 Å². The van der Waals surface area contributed by atoms with E-state index in [-0.39, 0.29) is 0 Å². The average molecular weight is 313 g/mol. The van der Waals surface area contributed by atoms with Crippen LogP contribution in [0.15, 0.2) is 46.9 Å². The van der Waals surface area contributed by atoms with Crippen molar-refractivity contribution < 1.29 is 4.74 Å². The molecule has 2 nitrogen and oxygen atoms in total. The van der Waals surface area contributed by atoms with E-state index in [4.69, 9.17) is 22.1 Å². The first-order valence-electron chi connectivity index (χ1n) is 5.07. The number of hydrogen-bond acceptors (Lipinski definition) is 2. The summed E-state index contributed by atoms with van der Waals surface area (Å²) in [7, 11) is 0. The molecular formula is C13H11BrClNO. The Labute approximate surface area is 113 Å². The van der Waals surface area contributed by atoms with E-state index in [9.17, 15) is 0 Å². The molecule has 88 valence electrons. The Morgan fingerprint density at radius 1 is 1.12 bits per heavy atom. The summed E-state index contributed by atoms with van der Waals surface area (Å²) < 4.78 is 6.51. The zero-order valence-corrected chi connectivity index (χ0v) is 11.3. The molecular weight excluding hydrogens is 302 g/mol. The van der Waals surface area contributed by atoms with Gasteiger partial charge >= 0.3 is 0 Å². The van der Waals surface area contributed by atoms with Crippen molar-refractivity contribution in [1.29, 1.82) is 0 Å². The van der Waals surface area contributed by atoms with E-state index in [2.05, 4.69) is 15.9 Å². The molecule has 4 heteroatoms. The molecule has 0 heterocycles. The van der Waals surface area contributed by atoms with E-state index in [0.717, 1.165) is 15.8 Å². The Morgan fingerprint density at radius 3 is 2.47 bits per heavy atom. The van der Waals surface area contributed by atoms with E-state index in [1.165, 1.54) is 0 Å². The van der Waals surface area contributed by atoms with Crippen molar-refractivity contribution in [3.63, 3.8) is 0 Å². The van der Waals surface area contributed by atoms with Crippen LogP contribution in [0.25, 0.3) is 0 Å². The van der Waals surface area contributed by atoms with Gasteiger partial charge in [0.15, 0.2) is 0 Å². The van der Waals surface area contributed by atoms with Crippen LogP contribution in [-0.4, -0.2) is 0 Å². The van der Waals surface area contributed by atoms with Gasteiger partial charge in [0.2, 0.25) is 0 Å². The van der Waals surface area contributed by atoms with E-state index < -0.39 is 0 Å². The van der Waals surface area contributed by atoms with Crippen molar-refractivity contribution >= 4 is 33.2 Å². The van der Waals surface area contributed by atoms with Gasteiger partial charge in [-0.15, -0.1) is 0 Å². The lowest BCUT2D eigenvalue weighted by molar-refractivity contribution is 0.306. The molecule has 0 saturated heterocycles. The number of nitrogens with two attached hydrogens (primary N) is 1. The number of hydrogen-bond donors (Lipinski definition) is 1. The van der Waals surface area contributed by atoms with Gasteiger partial charge in [-0.3, -0.25) is 0 Å². The minimum Gasteiger partial charge on any atom is -0.489 e. The molecule has 0 spiro atoms. The van der Waals surface area contributed by atoms with Crippen molar-refractivity contribution in [3.05, 3.63) is 57.5 Å². The summed E-state index contributed by atoms with van der Waals surface area (Å²) in [6, 6.07) is 13.0. The molecule has 2 aromatic rings. The lowest BCUT2D eigenvalue weighted by atomic mass is 10.2. The highest BCUT2D eigenvalue weighted by Gasteiger charge is 1.99. The molecule has 2 N–H and O–H groups in total. The molecule has 0 bridgehead atoms. The molecule has 0 amide bonds. The fourth-order valence-corrected chi connectivity index (χ4v) is 1.75. The lowest BCUT2D eigenvalue weighted by Crippen LogP contribution is -1.97. The number of benzene rings is 2. The second kappa shape index (κ2) is 5.43. The van der Waals surface area contributed by atoms with E-state index >= 15 is 0 Å². The van der Waals surface area contributed by atoms with Gasteiger partial charge in [0, 0.05) is 15.2 Å². The summed E-state index contributed by atoms with van der Waals surface area (Å²) in [5.74, 6) is 0.788. The standard InChI is InChI=1S/C13H11BrClNO/c14-12-6-1-9(7-13(12)16)8-17-11-4-2-10(15)3-5-11/h1-7H,8,16H2. The van der Waals surface area contributed by atoms with Gasteiger partial charge in [0.25, 0.3) is 0 Å². The van der Waals surface area contributed by atoms with Crippen LogP contribution in [0.1, 0.15) is 5.56 Å². The lowest BCUT2D eigenvalue weighted by Gasteiger charge is -2.07. The monoisotopic (exact) mass is 311 g/mol. The molecule has 0 aliphatic rings. The summed E-state index contributed by atoms with van der Waals surface area (Å²) in [6.45, 7) is 0.485. The molecule has 2 aromatic carbocycles. The number of rotatable bonds is 3. The zero-order chi connectivity index (χ0) is 12.3. The maximum Gasteiger partial charge on any atom is 0.119 e. The normalized spacial score (nSPS) is 10.2. The Hall–Kier alpha value is -1.19. The quantitative estimate of drug-likeness (QED) is 0.859. The summed E-state index contributed by atoms with van der Waals surface area (Å²) in [5, 5.41) is 0.699. The first-order chi connectivity index (χ1) is 8.15. The molecule has 0 aliphatic heterocycles. The van der Waals surface area contributed by atoms with Gasteiger partial charge in [0.1, 0.15) is 12.4 Å². The molecule has 0 aromatic heterocycles. The van der Waals surface area contributed by atoms with Crippen LogP contribution >= 0.6 is 27.5 Å². The third-order valence-electron chi connectivity index (χ3n) is 2.28. The highest BCUT2D eigenvalue weighted by molar-refractivity contribution is 9.10. The molecule has 0 aliphatic carbocycles. The predicted octanol–water partition coefficient (Wildman–Crippen LogP) is 4.26. The van der Waals surface area contributed by atoms with E-state index in [1.54, 1.807) is 12.1 Å². The van der Waals surface area contributed by atoms with Gasteiger partial charge in [-0.1, -0.05) is 17.7 Å². The molecule has 2 rings (SSSR count). The summed E-state index contributed by atoms with van der Waals surface area (Å²) in [6.07, 6.45) is 0. The van der Waals surface area contributed by atoms with Crippen LogP contribution in [0.2, 0.25) is 5.02 Å². The molecule has 0 atom stereocenters. The summed E-state index contributed by atoms with van der Waals surface area (Å²) >= 11 is 9.14. The predicted molar refractivity (Wildman–Crippen MR) is 74.3 cm³/mol. The maximum absolute atomic E-state index is 5.79. The van der Waals surface area contributed by atoms with Crippen LogP contribution in [0, 0.1) is 0 Å². The topological polar surface area (TPSA) is 35.2 Å². The Balaban J connectivity index is 2.02. The number of halogens is 2. The van der Waals surface area contributed by atoms with Gasteiger partial charge in [0.05, 0.1) is 0 Å². The fraction of sp³-hybridized carbons (Fsp3) is 0.0769. The smallest absolute Gasteiger partial charge is 0.119 e. The second-order valence-corrected chi connectivity index (χ2v) is 4.89. The van der Waals surface area contributed by atoms with Gasteiger partial charge in [-0.2, -0.15) is 0 Å². The van der Waals surface area contributed by atoms with Crippen molar-refractivity contribution in [2.24, 2.45) is 0 Å². The first kappa shape index (κ1) is 12.3. The van der Waals surface area contributed by atoms with Crippen LogP contribution in [0.5, 0.6) is 5.75 Å². The van der Waals surface area contributed by atoms with E-state index in [0.29, 0.717) is 17.3 Å². The summed E-state index contributed by atoms with van der Waals surface area (Å²) in [4.78, 5) is 0. The molecule has 0 unspecified atom stereocenters. The molecule has 0 saturated carbocycles. The highest BCUT2D eigenvalue weighted by Crippen LogP contribution is 2.22. The Kier molecular flexibility index (Phi) is 3.92.